The number of anilines is 1. The van der Waals surface area contributed by atoms with E-state index in [9.17, 15) is 4.39 Å². The van der Waals surface area contributed by atoms with Crippen molar-refractivity contribution in [1.29, 1.82) is 0 Å². The van der Waals surface area contributed by atoms with Crippen molar-refractivity contribution in [3.05, 3.63) is 29.6 Å². The van der Waals surface area contributed by atoms with E-state index in [4.69, 9.17) is 4.74 Å². The lowest BCUT2D eigenvalue weighted by Gasteiger charge is -2.20. The molecule has 0 aliphatic carbocycles. The predicted octanol–water partition coefficient (Wildman–Crippen LogP) is 3.04. The van der Waals surface area contributed by atoms with Crippen LogP contribution >= 0.6 is 0 Å². The second kappa shape index (κ2) is 7.76. The van der Waals surface area contributed by atoms with Gasteiger partial charge in [-0.2, -0.15) is 0 Å². The third-order valence-corrected chi connectivity index (χ3v) is 3.92. The highest BCUT2D eigenvalue weighted by Gasteiger charge is 2.24. The standard InChI is InChI=1S/C17H27FN2O/c1-13(2)9-19-10-14-4-5-17(16(18)8-14)20-7-6-15(11-20)12-21-3/h4-5,8,13,15,19H,6-7,9-12H2,1-3H3. The van der Waals surface area contributed by atoms with E-state index >= 15 is 0 Å². The fraction of sp³-hybridized carbons (Fsp3) is 0.647. The monoisotopic (exact) mass is 294 g/mol. The van der Waals surface area contributed by atoms with Gasteiger partial charge in [-0.1, -0.05) is 19.9 Å². The van der Waals surface area contributed by atoms with Gasteiger partial charge < -0.3 is 15.0 Å². The zero-order valence-electron chi connectivity index (χ0n) is 13.4. The maximum atomic E-state index is 14.3. The lowest BCUT2D eigenvalue weighted by molar-refractivity contribution is 0.161. The fourth-order valence-corrected chi connectivity index (χ4v) is 2.85. The number of halogens is 1. The summed E-state index contributed by atoms with van der Waals surface area (Å²) in [6.45, 7) is 8.57. The Labute approximate surface area is 127 Å². The summed E-state index contributed by atoms with van der Waals surface area (Å²) in [5.41, 5.74) is 1.73. The number of nitrogens with one attached hydrogen (secondary N) is 1. The maximum Gasteiger partial charge on any atom is 0.146 e. The Balaban J connectivity index is 1.93. The van der Waals surface area contributed by atoms with Gasteiger partial charge in [0.05, 0.1) is 12.3 Å². The highest BCUT2D eigenvalue weighted by molar-refractivity contribution is 5.50. The molecule has 118 valence electrons. The summed E-state index contributed by atoms with van der Waals surface area (Å²) >= 11 is 0. The molecule has 1 saturated heterocycles. The molecular weight excluding hydrogens is 267 g/mol. The van der Waals surface area contributed by atoms with Gasteiger partial charge in [0, 0.05) is 32.7 Å². The van der Waals surface area contributed by atoms with Gasteiger partial charge in [0.25, 0.3) is 0 Å². The van der Waals surface area contributed by atoms with Gasteiger partial charge in [-0.05, 0) is 36.6 Å². The Morgan fingerprint density at radius 1 is 1.43 bits per heavy atom. The Morgan fingerprint density at radius 3 is 2.90 bits per heavy atom. The van der Waals surface area contributed by atoms with E-state index in [1.54, 1.807) is 13.2 Å². The smallest absolute Gasteiger partial charge is 0.146 e. The molecule has 1 N–H and O–H groups in total. The molecule has 0 radical (unpaired) electrons. The average Bonchev–Trinajstić information content (AvgIpc) is 2.87. The normalized spacial score (nSPS) is 18.7. The second-order valence-corrected chi connectivity index (χ2v) is 6.37. The molecule has 1 fully saturated rings. The van der Waals surface area contributed by atoms with E-state index in [0.29, 0.717) is 11.8 Å². The van der Waals surface area contributed by atoms with Crippen molar-refractivity contribution in [2.24, 2.45) is 11.8 Å². The van der Waals surface area contributed by atoms with Crippen molar-refractivity contribution in [3.63, 3.8) is 0 Å². The van der Waals surface area contributed by atoms with E-state index in [1.165, 1.54) is 0 Å². The molecule has 1 heterocycles. The number of ether oxygens (including phenoxy) is 1. The average molecular weight is 294 g/mol. The molecule has 3 nitrogen and oxygen atoms in total. The zero-order chi connectivity index (χ0) is 15.2. The molecule has 0 aromatic heterocycles. The molecule has 1 aliphatic heterocycles. The molecule has 1 aromatic carbocycles. The van der Waals surface area contributed by atoms with Crippen LogP contribution in [0.15, 0.2) is 18.2 Å². The van der Waals surface area contributed by atoms with Crippen LogP contribution in [0, 0.1) is 17.7 Å². The first-order valence-corrected chi connectivity index (χ1v) is 7.83. The van der Waals surface area contributed by atoms with Gasteiger partial charge in [0.15, 0.2) is 0 Å². The SMILES string of the molecule is COCC1CCN(c2ccc(CNCC(C)C)cc2F)C1. The van der Waals surface area contributed by atoms with Crippen LogP contribution in [-0.4, -0.2) is 33.4 Å². The molecule has 2 rings (SSSR count). The van der Waals surface area contributed by atoms with Crippen LogP contribution in [-0.2, 0) is 11.3 Å². The highest BCUT2D eigenvalue weighted by atomic mass is 19.1. The van der Waals surface area contributed by atoms with Crippen molar-refractivity contribution >= 4 is 5.69 Å². The Morgan fingerprint density at radius 2 is 2.24 bits per heavy atom. The first-order chi connectivity index (χ1) is 10.1. The number of methoxy groups -OCH3 is 1. The minimum atomic E-state index is -0.114. The van der Waals surface area contributed by atoms with Gasteiger partial charge >= 0.3 is 0 Å². The van der Waals surface area contributed by atoms with E-state index in [2.05, 4.69) is 24.1 Å². The molecule has 0 saturated carbocycles. The van der Waals surface area contributed by atoms with Crippen LogP contribution in [0.1, 0.15) is 25.8 Å². The Hall–Kier alpha value is -1.13. The van der Waals surface area contributed by atoms with Crippen molar-refractivity contribution in [2.75, 3.05) is 38.3 Å². The molecule has 1 aromatic rings. The van der Waals surface area contributed by atoms with Gasteiger partial charge in [-0.15, -0.1) is 0 Å². The molecule has 4 heteroatoms. The summed E-state index contributed by atoms with van der Waals surface area (Å²) in [6.07, 6.45) is 1.07. The topological polar surface area (TPSA) is 24.5 Å². The van der Waals surface area contributed by atoms with E-state index in [1.807, 2.05) is 12.1 Å². The maximum absolute atomic E-state index is 14.3. The predicted molar refractivity (Wildman–Crippen MR) is 85.1 cm³/mol. The van der Waals surface area contributed by atoms with Crippen LogP contribution in [0.5, 0.6) is 0 Å². The quantitative estimate of drug-likeness (QED) is 0.836. The summed E-state index contributed by atoms with van der Waals surface area (Å²) in [5, 5.41) is 3.34. The third-order valence-electron chi connectivity index (χ3n) is 3.92. The third kappa shape index (κ3) is 4.68. The van der Waals surface area contributed by atoms with Gasteiger partial charge in [-0.25, -0.2) is 4.39 Å². The molecular formula is C17H27FN2O. The van der Waals surface area contributed by atoms with Crippen molar-refractivity contribution in [2.45, 2.75) is 26.8 Å². The van der Waals surface area contributed by atoms with Crippen molar-refractivity contribution < 1.29 is 9.13 Å². The number of hydrogen-bond donors (Lipinski definition) is 1. The molecule has 0 spiro atoms. The lowest BCUT2D eigenvalue weighted by Crippen LogP contribution is -2.22. The summed E-state index contributed by atoms with van der Waals surface area (Å²) in [7, 11) is 1.72. The van der Waals surface area contributed by atoms with Gasteiger partial charge in [0.2, 0.25) is 0 Å². The fourth-order valence-electron chi connectivity index (χ4n) is 2.85. The first kappa shape index (κ1) is 16.2. The van der Waals surface area contributed by atoms with E-state index < -0.39 is 0 Å². The minimum Gasteiger partial charge on any atom is -0.384 e. The zero-order valence-corrected chi connectivity index (χ0v) is 13.4. The van der Waals surface area contributed by atoms with E-state index in [-0.39, 0.29) is 5.82 Å². The number of hydrogen-bond acceptors (Lipinski definition) is 3. The molecule has 1 unspecified atom stereocenters. The van der Waals surface area contributed by atoms with Crippen molar-refractivity contribution in [3.8, 4) is 0 Å². The van der Waals surface area contributed by atoms with Crippen LogP contribution in [0.25, 0.3) is 0 Å². The largest absolute Gasteiger partial charge is 0.384 e. The first-order valence-electron chi connectivity index (χ1n) is 7.83. The van der Waals surface area contributed by atoms with E-state index in [0.717, 1.165) is 50.5 Å². The van der Waals surface area contributed by atoms with Crippen LogP contribution < -0.4 is 10.2 Å². The number of nitrogens with zero attached hydrogens (tertiary/aromatic N) is 1. The van der Waals surface area contributed by atoms with Crippen molar-refractivity contribution in [1.82, 2.24) is 5.32 Å². The van der Waals surface area contributed by atoms with Gasteiger partial charge in [-0.3, -0.25) is 0 Å². The summed E-state index contributed by atoms with van der Waals surface area (Å²) in [5.74, 6) is 1.01. The molecule has 0 amide bonds. The van der Waals surface area contributed by atoms with Gasteiger partial charge in [0.1, 0.15) is 5.82 Å². The molecule has 0 bridgehead atoms. The summed E-state index contributed by atoms with van der Waals surface area (Å²) in [6, 6.07) is 5.60. The Bertz CT molecular complexity index is 450. The number of benzene rings is 1. The number of rotatable bonds is 7. The molecule has 21 heavy (non-hydrogen) atoms. The Kier molecular flexibility index (Phi) is 6.00. The summed E-state index contributed by atoms with van der Waals surface area (Å²) in [4.78, 5) is 2.13. The molecule has 1 atom stereocenters. The van der Waals surface area contributed by atoms with Crippen LogP contribution in [0.3, 0.4) is 0 Å². The minimum absolute atomic E-state index is 0.114. The lowest BCUT2D eigenvalue weighted by atomic mass is 10.1. The highest BCUT2D eigenvalue weighted by Crippen LogP contribution is 2.27. The molecule has 1 aliphatic rings. The second-order valence-electron chi connectivity index (χ2n) is 6.37. The summed E-state index contributed by atoms with van der Waals surface area (Å²) < 4.78 is 19.5. The van der Waals surface area contributed by atoms with Crippen LogP contribution in [0.4, 0.5) is 10.1 Å². The van der Waals surface area contributed by atoms with Crippen LogP contribution in [0.2, 0.25) is 0 Å².